The second-order valence-corrected chi connectivity index (χ2v) is 6.37. The minimum Gasteiger partial charge on any atom is -0.465 e. The molecule has 0 bridgehead atoms. The first-order chi connectivity index (χ1) is 13.2. The molecule has 0 saturated carbocycles. The minimum atomic E-state index is -0.0815. The number of carbonyl (C=O) groups is 1. The van der Waals surface area contributed by atoms with Gasteiger partial charge in [0.05, 0.1) is 11.8 Å². The molecule has 0 amide bonds. The second-order valence-electron chi connectivity index (χ2n) is 5.94. The minimum absolute atomic E-state index is 0.0815. The summed E-state index contributed by atoms with van der Waals surface area (Å²) >= 11 is 6.03. The number of ketones is 1. The lowest BCUT2D eigenvalue weighted by atomic mass is 10.1. The molecule has 4 nitrogen and oxygen atoms in total. The first-order valence-electron chi connectivity index (χ1n) is 8.36. The third kappa shape index (κ3) is 3.91. The van der Waals surface area contributed by atoms with E-state index in [1.807, 2.05) is 36.4 Å². The molecule has 0 fully saturated rings. The molecular weight excluding hydrogens is 360 g/mol. The van der Waals surface area contributed by atoms with E-state index < -0.39 is 0 Å². The van der Waals surface area contributed by atoms with Crippen molar-refractivity contribution in [3.63, 3.8) is 0 Å². The Balaban J connectivity index is 1.52. The third-order valence-corrected chi connectivity index (χ3v) is 4.33. The summed E-state index contributed by atoms with van der Waals surface area (Å²) in [7, 11) is 0. The maximum absolute atomic E-state index is 12.2. The van der Waals surface area contributed by atoms with Gasteiger partial charge in [-0.05, 0) is 72.8 Å². The van der Waals surface area contributed by atoms with Gasteiger partial charge in [-0.3, -0.25) is 9.78 Å². The van der Waals surface area contributed by atoms with E-state index in [-0.39, 0.29) is 5.78 Å². The van der Waals surface area contributed by atoms with E-state index in [0.29, 0.717) is 16.3 Å². The van der Waals surface area contributed by atoms with Gasteiger partial charge in [0.2, 0.25) is 0 Å². The summed E-state index contributed by atoms with van der Waals surface area (Å²) in [5.74, 6) is 0.563. The molecule has 2 aromatic heterocycles. The van der Waals surface area contributed by atoms with Crippen molar-refractivity contribution in [2.75, 3.05) is 5.32 Å². The van der Waals surface area contributed by atoms with E-state index in [2.05, 4.69) is 10.3 Å². The summed E-state index contributed by atoms with van der Waals surface area (Å²) in [6.45, 7) is 0. The highest BCUT2D eigenvalue weighted by Gasteiger charge is 2.05. The predicted molar refractivity (Wildman–Crippen MR) is 109 cm³/mol. The highest BCUT2D eigenvalue weighted by Crippen LogP contribution is 2.27. The van der Waals surface area contributed by atoms with Gasteiger partial charge in [0.15, 0.2) is 5.78 Å². The first-order valence-corrected chi connectivity index (χ1v) is 8.74. The Morgan fingerprint density at radius 2 is 1.93 bits per heavy atom. The Labute approximate surface area is 161 Å². The van der Waals surface area contributed by atoms with Crippen LogP contribution < -0.4 is 5.32 Å². The molecule has 132 valence electrons. The smallest absolute Gasteiger partial charge is 0.185 e. The van der Waals surface area contributed by atoms with Crippen LogP contribution in [0.4, 0.5) is 11.4 Å². The number of aromatic nitrogens is 1. The van der Waals surface area contributed by atoms with E-state index in [1.54, 1.807) is 42.8 Å². The molecule has 0 spiro atoms. The van der Waals surface area contributed by atoms with Crippen LogP contribution in [0.5, 0.6) is 0 Å². The molecule has 0 aliphatic carbocycles. The van der Waals surface area contributed by atoms with Crippen LogP contribution in [-0.2, 0) is 0 Å². The standard InChI is InChI=1S/C22H15ClN2O2/c23-16-5-9-19-20(11-12-24-21(19)14-16)25-17-6-3-15(4-7-17)22(26)10-8-18-2-1-13-27-18/h1-14H,(H,24,25)/b10-8+. The quantitative estimate of drug-likeness (QED) is 0.337. The van der Waals surface area contributed by atoms with Crippen molar-refractivity contribution >= 4 is 45.7 Å². The van der Waals surface area contributed by atoms with Crippen LogP contribution in [-0.4, -0.2) is 10.8 Å². The largest absolute Gasteiger partial charge is 0.465 e. The summed E-state index contributed by atoms with van der Waals surface area (Å²) in [4.78, 5) is 16.6. The Morgan fingerprint density at radius 3 is 2.70 bits per heavy atom. The number of nitrogens with zero attached hydrogens (tertiary/aromatic N) is 1. The number of hydrogen-bond donors (Lipinski definition) is 1. The summed E-state index contributed by atoms with van der Waals surface area (Å²) in [6.07, 6.45) is 6.46. The van der Waals surface area contributed by atoms with Gasteiger partial charge < -0.3 is 9.73 Å². The zero-order valence-corrected chi connectivity index (χ0v) is 15.0. The number of hydrogen-bond acceptors (Lipinski definition) is 4. The molecule has 27 heavy (non-hydrogen) atoms. The molecule has 5 heteroatoms. The van der Waals surface area contributed by atoms with E-state index in [0.717, 1.165) is 22.3 Å². The van der Waals surface area contributed by atoms with Gasteiger partial charge in [0.25, 0.3) is 0 Å². The molecule has 1 N–H and O–H groups in total. The van der Waals surface area contributed by atoms with Crippen molar-refractivity contribution in [3.8, 4) is 0 Å². The lowest BCUT2D eigenvalue weighted by Crippen LogP contribution is -1.96. The average Bonchev–Trinajstić information content (AvgIpc) is 3.20. The molecule has 2 heterocycles. The van der Waals surface area contributed by atoms with Crippen LogP contribution >= 0.6 is 11.6 Å². The van der Waals surface area contributed by atoms with Crippen LogP contribution in [0.25, 0.3) is 17.0 Å². The molecule has 0 saturated heterocycles. The van der Waals surface area contributed by atoms with Crippen LogP contribution in [0, 0.1) is 0 Å². The van der Waals surface area contributed by atoms with Crippen molar-refractivity contribution in [2.45, 2.75) is 0 Å². The lowest BCUT2D eigenvalue weighted by molar-refractivity contribution is 0.104. The molecule has 4 aromatic rings. The fourth-order valence-corrected chi connectivity index (χ4v) is 2.91. The first kappa shape index (κ1) is 17.1. The fourth-order valence-electron chi connectivity index (χ4n) is 2.74. The van der Waals surface area contributed by atoms with E-state index >= 15 is 0 Å². The summed E-state index contributed by atoms with van der Waals surface area (Å²) in [5, 5.41) is 4.99. The van der Waals surface area contributed by atoms with Gasteiger partial charge in [-0.1, -0.05) is 11.6 Å². The van der Waals surface area contributed by atoms with Crippen molar-refractivity contribution in [3.05, 3.63) is 95.5 Å². The van der Waals surface area contributed by atoms with Gasteiger partial charge in [-0.25, -0.2) is 0 Å². The maximum atomic E-state index is 12.2. The Kier molecular flexibility index (Phi) is 4.73. The van der Waals surface area contributed by atoms with E-state index in [1.165, 1.54) is 6.08 Å². The van der Waals surface area contributed by atoms with E-state index in [4.69, 9.17) is 16.0 Å². The maximum Gasteiger partial charge on any atom is 0.185 e. The summed E-state index contributed by atoms with van der Waals surface area (Å²) in [5.41, 5.74) is 3.23. The second kappa shape index (κ2) is 7.48. The number of nitrogens with one attached hydrogen (secondary N) is 1. The fraction of sp³-hybridized carbons (Fsp3) is 0. The zero-order valence-electron chi connectivity index (χ0n) is 14.2. The molecule has 0 aliphatic rings. The molecule has 0 atom stereocenters. The predicted octanol–water partition coefficient (Wildman–Crippen LogP) is 6.12. The SMILES string of the molecule is O=C(/C=C/c1ccco1)c1ccc(Nc2ccnc3cc(Cl)ccc23)cc1. The van der Waals surface area contributed by atoms with Crippen molar-refractivity contribution in [2.24, 2.45) is 0 Å². The Bertz CT molecular complexity index is 1120. The molecule has 0 unspecified atom stereocenters. The average molecular weight is 375 g/mol. The number of anilines is 2. The number of benzene rings is 2. The number of halogens is 1. The van der Waals surface area contributed by atoms with Crippen molar-refractivity contribution < 1.29 is 9.21 Å². The number of furan rings is 1. The van der Waals surface area contributed by atoms with Gasteiger partial charge >= 0.3 is 0 Å². The van der Waals surface area contributed by atoms with Gasteiger partial charge in [0, 0.05) is 33.5 Å². The number of pyridine rings is 1. The molecule has 2 aromatic carbocycles. The topological polar surface area (TPSA) is 55.1 Å². The molecule has 4 rings (SSSR count). The lowest BCUT2D eigenvalue weighted by Gasteiger charge is -2.10. The summed E-state index contributed by atoms with van der Waals surface area (Å²) < 4.78 is 5.19. The van der Waals surface area contributed by atoms with Crippen LogP contribution in [0.3, 0.4) is 0 Å². The molecule has 0 radical (unpaired) electrons. The number of rotatable bonds is 5. The zero-order chi connectivity index (χ0) is 18.6. The third-order valence-electron chi connectivity index (χ3n) is 4.10. The van der Waals surface area contributed by atoms with Gasteiger partial charge in [0.1, 0.15) is 5.76 Å². The highest BCUT2D eigenvalue weighted by atomic mass is 35.5. The number of allylic oxidation sites excluding steroid dienone is 1. The molecular formula is C22H15ClN2O2. The normalized spacial score (nSPS) is 11.1. The van der Waals surface area contributed by atoms with Gasteiger partial charge in [-0.15, -0.1) is 0 Å². The van der Waals surface area contributed by atoms with Crippen LogP contribution in [0.15, 0.2) is 83.6 Å². The Hall–Kier alpha value is -3.37. The van der Waals surface area contributed by atoms with Gasteiger partial charge in [-0.2, -0.15) is 0 Å². The van der Waals surface area contributed by atoms with E-state index in [9.17, 15) is 4.79 Å². The van der Waals surface area contributed by atoms with Crippen molar-refractivity contribution in [1.29, 1.82) is 0 Å². The van der Waals surface area contributed by atoms with Crippen molar-refractivity contribution in [1.82, 2.24) is 4.98 Å². The Morgan fingerprint density at radius 1 is 1.07 bits per heavy atom. The highest BCUT2D eigenvalue weighted by molar-refractivity contribution is 6.31. The summed E-state index contributed by atoms with van der Waals surface area (Å²) in [6, 6.07) is 18.4. The number of carbonyl (C=O) groups excluding carboxylic acids is 1. The monoisotopic (exact) mass is 374 g/mol. The number of fused-ring (bicyclic) bond motifs is 1. The van der Waals surface area contributed by atoms with Crippen LogP contribution in [0.2, 0.25) is 5.02 Å². The van der Waals surface area contributed by atoms with Crippen LogP contribution in [0.1, 0.15) is 16.1 Å². The molecule has 0 aliphatic heterocycles.